The number of ether oxygens (including phenoxy) is 2. The summed E-state index contributed by atoms with van der Waals surface area (Å²) in [4.78, 5) is 1.40. The summed E-state index contributed by atoms with van der Waals surface area (Å²) >= 11 is 5.91. The normalized spacial score (nSPS) is 10.6. The highest BCUT2D eigenvalue weighted by atomic mass is 35.5. The zero-order valence-electron chi connectivity index (χ0n) is 14.6. The first kappa shape index (κ1) is 18.0. The summed E-state index contributed by atoms with van der Waals surface area (Å²) in [6.45, 7) is 3.50. The number of hydrogen-bond acceptors (Lipinski definition) is 6. The van der Waals surface area contributed by atoms with Crippen molar-refractivity contribution >= 4 is 17.5 Å². The molecule has 0 unspecified atom stereocenters. The maximum Gasteiger partial charge on any atom is 0.263 e. The second-order valence-corrected chi connectivity index (χ2v) is 6.02. The second kappa shape index (κ2) is 8.53. The number of anilines is 1. The van der Waals surface area contributed by atoms with E-state index in [9.17, 15) is 0 Å². The number of nitrogens with one attached hydrogen (secondary N) is 1. The Hall–Kier alpha value is -2.80. The Balaban J connectivity index is 1.66. The third kappa shape index (κ3) is 4.86. The molecular weight excluding hydrogens is 354 g/mol. The van der Waals surface area contributed by atoms with E-state index in [4.69, 9.17) is 21.1 Å². The predicted octanol–water partition coefficient (Wildman–Crippen LogP) is 3.45. The summed E-state index contributed by atoms with van der Waals surface area (Å²) < 4.78 is 11.6. The van der Waals surface area contributed by atoms with Gasteiger partial charge in [-0.3, -0.25) is 0 Å². The van der Waals surface area contributed by atoms with E-state index in [-0.39, 0.29) is 0 Å². The van der Waals surface area contributed by atoms with E-state index in [0.29, 0.717) is 42.2 Å². The lowest BCUT2D eigenvalue weighted by atomic mass is 10.2. The van der Waals surface area contributed by atoms with Crippen molar-refractivity contribution in [3.8, 4) is 11.5 Å². The second-order valence-electron chi connectivity index (χ2n) is 5.59. The van der Waals surface area contributed by atoms with Crippen LogP contribution in [0.1, 0.15) is 18.1 Å². The standard InChI is InChI=1S/C18H20ClN5O2/c1-3-25-17-10-14(11-20-18-21-23-24(2)22-18)6-9-16(17)26-12-13-4-7-15(19)8-5-13/h4-10H,3,11-12H2,1-2H3,(H,20,22). The molecule has 0 saturated heterocycles. The van der Waals surface area contributed by atoms with Gasteiger partial charge >= 0.3 is 0 Å². The molecule has 26 heavy (non-hydrogen) atoms. The molecule has 3 rings (SSSR count). The van der Waals surface area contributed by atoms with E-state index >= 15 is 0 Å². The molecule has 136 valence electrons. The number of aryl methyl sites for hydroxylation is 1. The molecule has 0 radical (unpaired) electrons. The van der Waals surface area contributed by atoms with Crippen LogP contribution in [0, 0.1) is 0 Å². The molecule has 0 atom stereocenters. The number of nitrogens with zero attached hydrogens (tertiary/aromatic N) is 4. The van der Waals surface area contributed by atoms with Gasteiger partial charge in [-0.25, -0.2) is 0 Å². The molecule has 0 saturated carbocycles. The SMILES string of the molecule is CCOc1cc(CNc2nnn(C)n2)ccc1OCc1ccc(Cl)cc1. The van der Waals surface area contributed by atoms with E-state index in [1.54, 1.807) is 7.05 Å². The number of benzene rings is 2. The first-order valence-corrected chi connectivity index (χ1v) is 8.62. The van der Waals surface area contributed by atoms with Gasteiger partial charge < -0.3 is 14.8 Å². The fraction of sp³-hybridized carbons (Fsp3) is 0.278. The maximum absolute atomic E-state index is 5.91. The van der Waals surface area contributed by atoms with Crippen LogP contribution in [0.3, 0.4) is 0 Å². The molecule has 1 aromatic heterocycles. The average Bonchev–Trinajstić information content (AvgIpc) is 3.06. The average molecular weight is 374 g/mol. The van der Waals surface area contributed by atoms with Crippen molar-refractivity contribution in [2.75, 3.05) is 11.9 Å². The first-order chi connectivity index (χ1) is 12.6. The van der Waals surface area contributed by atoms with Crippen molar-refractivity contribution in [3.05, 3.63) is 58.6 Å². The van der Waals surface area contributed by atoms with Gasteiger partial charge in [-0.05, 0) is 47.5 Å². The van der Waals surface area contributed by atoms with Gasteiger partial charge in [0.2, 0.25) is 0 Å². The van der Waals surface area contributed by atoms with E-state index < -0.39 is 0 Å². The van der Waals surface area contributed by atoms with Crippen LogP contribution in [0.2, 0.25) is 5.02 Å². The maximum atomic E-state index is 5.91. The van der Waals surface area contributed by atoms with Crippen molar-refractivity contribution in [2.24, 2.45) is 7.05 Å². The zero-order chi connectivity index (χ0) is 18.4. The number of aromatic nitrogens is 4. The molecule has 0 bridgehead atoms. The number of halogens is 1. The third-order valence-electron chi connectivity index (χ3n) is 3.57. The van der Waals surface area contributed by atoms with Crippen LogP contribution in [0.25, 0.3) is 0 Å². The lowest BCUT2D eigenvalue weighted by Crippen LogP contribution is -2.04. The topological polar surface area (TPSA) is 74.1 Å². The molecule has 0 spiro atoms. The van der Waals surface area contributed by atoms with Crippen LogP contribution in [0.5, 0.6) is 11.5 Å². The highest BCUT2D eigenvalue weighted by molar-refractivity contribution is 6.30. The van der Waals surface area contributed by atoms with Gasteiger partial charge in [-0.15, -0.1) is 5.10 Å². The molecule has 8 heteroatoms. The molecule has 0 aliphatic carbocycles. The van der Waals surface area contributed by atoms with Gasteiger partial charge in [0.05, 0.1) is 13.7 Å². The number of hydrogen-bond donors (Lipinski definition) is 1. The zero-order valence-corrected chi connectivity index (χ0v) is 15.4. The van der Waals surface area contributed by atoms with Gasteiger partial charge in [0.25, 0.3) is 5.95 Å². The van der Waals surface area contributed by atoms with E-state index in [1.807, 2.05) is 49.4 Å². The van der Waals surface area contributed by atoms with Crippen LogP contribution in [0.4, 0.5) is 5.95 Å². The molecule has 1 heterocycles. The molecule has 2 aromatic carbocycles. The Bertz CT molecular complexity index is 851. The minimum absolute atomic E-state index is 0.443. The van der Waals surface area contributed by atoms with Crippen molar-refractivity contribution in [1.29, 1.82) is 0 Å². The van der Waals surface area contributed by atoms with E-state index in [1.165, 1.54) is 4.80 Å². The molecule has 0 amide bonds. The fourth-order valence-electron chi connectivity index (χ4n) is 2.33. The summed E-state index contributed by atoms with van der Waals surface area (Å²) in [6, 6.07) is 13.4. The minimum atomic E-state index is 0.443. The highest BCUT2D eigenvalue weighted by Gasteiger charge is 2.08. The molecule has 0 aliphatic rings. The molecule has 1 N–H and O–H groups in total. The molecule has 7 nitrogen and oxygen atoms in total. The van der Waals surface area contributed by atoms with Crippen LogP contribution in [-0.2, 0) is 20.2 Å². The van der Waals surface area contributed by atoms with Gasteiger partial charge in [0.15, 0.2) is 11.5 Å². The summed E-state index contributed by atoms with van der Waals surface area (Å²) in [5.74, 6) is 1.88. The van der Waals surface area contributed by atoms with Crippen molar-refractivity contribution in [1.82, 2.24) is 20.2 Å². The largest absolute Gasteiger partial charge is 0.490 e. The highest BCUT2D eigenvalue weighted by Crippen LogP contribution is 2.29. The van der Waals surface area contributed by atoms with E-state index in [2.05, 4.69) is 20.7 Å². The van der Waals surface area contributed by atoms with Gasteiger partial charge in [0, 0.05) is 11.6 Å². The predicted molar refractivity (Wildman–Crippen MR) is 99.5 cm³/mol. The number of rotatable bonds is 8. The van der Waals surface area contributed by atoms with Crippen molar-refractivity contribution < 1.29 is 9.47 Å². The summed E-state index contributed by atoms with van der Waals surface area (Å²) in [6.07, 6.45) is 0. The summed E-state index contributed by atoms with van der Waals surface area (Å²) in [5, 5.41) is 15.6. The van der Waals surface area contributed by atoms with Crippen LogP contribution in [-0.4, -0.2) is 26.8 Å². The molecule has 0 aliphatic heterocycles. The molecule has 3 aromatic rings. The Morgan fingerprint density at radius 3 is 2.50 bits per heavy atom. The van der Waals surface area contributed by atoms with Crippen molar-refractivity contribution in [3.63, 3.8) is 0 Å². The van der Waals surface area contributed by atoms with Gasteiger partial charge in [0.1, 0.15) is 6.61 Å². The monoisotopic (exact) mass is 373 g/mol. The summed E-state index contributed by atoms with van der Waals surface area (Å²) in [5.41, 5.74) is 2.07. The minimum Gasteiger partial charge on any atom is -0.490 e. The van der Waals surface area contributed by atoms with Crippen LogP contribution < -0.4 is 14.8 Å². The van der Waals surface area contributed by atoms with Crippen LogP contribution >= 0.6 is 11.6 Å². The number of tetrazole rings is 1. The Kier molecular flexibility index (Phi) is 5.91. The molecular formula is C18H20ClN5O2. The Morgan fingerprint density at radius 2 is 1.81 bits per heavy atom. The first-order valence-electron chi connectivity index (χ1n) is 8.25. The van der Waals surface area contributed by atoms with Crippen molar-refractivity contribution in [2.45, 2.75) is 20.1 Å². The lowest BCUT2D eigenvalue weighted by Gasteiger charge is -2.13. The van der Waals surface area contributed by atoms with Gasteiger partial charge in [-0.1, -0.05) is 34.9 Å². The Labute approximate surface area is 156 Å². The quantitative estimate of drug-likeness (QED) is 0.651. The lowest BCUT2D eigenvalue weighted by molar-refractivity contribution is 0.269. The van der Waals surface area contributed by atoms with E-state index in [0.717, 1.165) is 11.1 Å². The van der Waals surface area contributed by atoms with Crippen LogP contribution in [0.15, 0.2) is 42.5 Å². The fourth-order valence-corrected chi connectivity index (χ4v) is 2.45. The summed E-state index contributed by atoms with van der Waals surface area (Å²) in [7, 11) is 1.72. The smallest absolute Gasteiger partial charge is 0.263 e. The molecule has 0 fully saturated rings. The third-order valence-corrected chi connectivity index (χ3v) is 3.83. The van der Waals surface area contributed by atoms with Gasteiger partial charge in [-0.2, -0.15) is 4.80 Å². The Morgan fingerprint density at radius 1 is 1.04 bits per heavy atom.